The van der Waals surface area contributed by atoms with Gasteiger partial charge in [0, 0.05) is 23.7 Å². The van der Waals surface area contributed by atoms with Gasteiger partial charge >= 0.3 is 0 Å². The standard InChI is InChI=1S/C16H15NO3/c18-16(12-5-2-1-3-6-12)17-13-7-8-14-15(11-13)20-10-4-9-19-14/h1-3,5-8,11H,4,9-10H2,(H,17,18). The summed E-state index contributed by atoms with van der Waals surface area (Å²) < 4.78 is 11.2. The Balaban J connectivity index is 1.78. The second kappa shape index (κ2) is 5.65. The highest BCUT2D eigenvalue weighted by atomic mass is 16.5. The van der Waals surface area contributed by atoms with Gasteiger partial charge < -0.3 is 14.8 Å². The minimum Gasteiger partial charge on any atom is -0.490 e. The van der Waals surface area contributed by atoms with Crippen molar-refractivity contribution in [3.05, 3.63) is 54.1 Å². The molecule has 1 aliphatic heterocycles. The Hall–Kier alpha value is -2.49. The number of carbonyl (C=O) groups is 1. The highest BCUT2D eigenvalue weighted by molar-refractivity contribution is 6.04. The van der Waals surface area contributed by atoms with E-state index in [2.05, 4.69) is 5.32 Å². The van der Waals surface area contributed by atoms with E-state index in [0.717, 1.165) is 12.2 Å². The molecule has 2 aromatic carbocycles. The van der Waals surface area contributed by atoms with Crippen molar-refractivity contribution in [3.8, 4) is 11.5 Å². The summed E-state index contributed by atoms with van der Waals surface area (Å²) in [6.07, 6.45) is 0.861. The first-order chi connectivity index (χ1) is 9.83. The lowest BCUT2D eigenvalue weighted by Crippen LogP contribution is -2.11. The van der Waals surface area contributed by atoms with Gasteiger partial charge in [-0.1, -0.05) is 18.2 Å². The van der Waals surface area contributed by atoms with Crippen molar-refractivity contribution >= 4 is 11.6 Å². The smallest absolute Gasteiger partial charge is 0.255 e. The minimum absolute atomic E-state index is 0.139. The molecule has 2 aromatic rings. The summed E-state index contributed by atoms with van der Waals surface area (Å²) in [6, 6.07) is 14.5. The molecule has 1 aliphatic rings. The minimum atomic E-state index is -0.139. The Morgan fingerprint density at radius 2 is 1.70 bits per heavy atom. The zero-order chi connectivity index (χ0) is 13.8. The molecule has 3 rings (SSSR count). The van der Waals surface area contributed by atoms with Gasteiger partial charge in [0.25, 0.3) is 5.91 Å². The molecule has 0 atom stereocenters. The first-order valence-corrected chi connectivity index (χ1v) is 6.59. The topological polar surface area (TPSA) is 47.6 Å². The molecule has 0 saturated carbocycles. The second-order valence-electron chi connectivity index (χ2n) is 4.53. The van der Waals surface area contributed by atoms with Crippen LogP contribution in [0.4, 0.5) is 5.69 Å². The van der Waals surface area contributed by atoms with Crippen molar-refractivity contribution in [2.75, 3.05) is 18.5 Å². The van der Waals surface area contributed by atoms with Crippen LogP contribution in [0.25, 0.3) is 0 Å². The quantitative estimate of drug-likeness (QED) is 0.911. The lowest BCUT2D eigenvalue weighted by molar-refractivity contribution is 0.102. The highest BCUT2D eigenvalue weighted by Crippen LogP contribution is 2.32. The SMILES string of the molecule is O=C(Nc1ccc2c(c1)OCCCO2)c1ccccc1. The van der Waals surface area contributed by atoms with Crippen molar-refractivity contribution in [3.63, 3.8) is 0 Å². The molecule has 0 aromatic heterocycles. The van der Waals surface area contributed by atoms with E-state index in [1.54, 1.807) is 18.2 Å². The summed E-state index contributed by atoms with van der Waals surface area (Å²) in [6.45, 7) is 1.28. The fraction of sp³-hybridized carbons (Fsp3) is 0.188. The second-order valence-corrected chi connectivity index (χ2v) is 4.53. The fourth-order valence-corrected chi connectivity index (χ4v) is 2.03. The van der Waals surface area contributed by atoms with E-state index >= 15 is 0 Å². The van der Waals surface area contributed by atoms with Gasteiger partial charge in [-0.3, -0.25) is 4.79 Å². The number of rotatable bonds is 2. The van der Waals surface area contributed by atoms with Crippen LogP contribution in [0.15, 0.2) is 48.5 Å². The molecule has 4 nitrogen and oxygen atoms in total. The number of hydrogen-bond donors (Lipinski definition) is 1. The molecule has 1 heterocycles. The summed E-state index contributed by atoms with van der Waals surface area (Å²) in [4.78, 5) is 12.1. The summed E-state index contributed by atoms with van der Waals surface area (Å²) >= 11 is 0. The van der Waals surface area contributed by atoms with E-state index in [-0.39, 0.29) is 5.91 Å². The molecular formula is C16H15NO3. The van der Waals surface area contributed by atoms with Crippen LogP contribution in [0.3, 0.4) is 0 Å². The van der Waals surface area contributed by atoms with Crippen LogP contribution in [-0.4, -0.2) is 19.1 Å². The van der Waals surface area contributed by atoms with Crippen molar-refractivity contribution in [2.45, 2.75) is 6.42 Å². The van der Waals surface area contributed by atoms with Gasteiger partial charge in [-0.2, -0.15) is 0 Å². The normalized spacial score (nSPS) is 13.4. The molecule has 1 N–H and O–H groups in total. The molecule has 0 unspecified atom stereocenters. The molecule has 0 aliphatic carbocycles. The number of ether oxygens (including phenoxy) is 2. The van der Waals surface area contributed by atoms with Gasteiger partial charge in [0.1, 0.15) is 0 Å². The molecule has 0 radical (unpaired) electrons. The largest absolute Gasteiger partial charge is 0.490 e. The Kier molecular flexibility index (Phi) is 3.54. The maximum absolute atomic E-state index is 12.1. The van der Waals surface area contributed by atoms with Gasteiger partial charge in [0.05, 0.1) is 13.2 Å². The molecule has 20 heavy (non-hydrogen) atoms. The fourth-order valence-electron chi connectivity index (χ4n) is 2.03. The van der Waals surface area contributed by atoms with Crippen LogP contribution in [0.2, 0.25) is 0 Å². The van der Waals surface area contributed by atoms with E-state index in [0.29, 0.717) is 30.2 Å². The number of amides is 1. The number of hydrogen-bond acceptors (Lipinski definition) is 3. The maximum atomic E-state index is 12.1. The zero-order valence-electron chi connectivity index (χ0n) is 11.0. The first kappa shape index (κ1) is 12.5. The van der Waals surface area contributed by atoms with Gasteiger partial charge in [0.2, 0.25) is 0 Å². The monoisotopic (exact) mass is 269 g/mol. The predicted molar refractivity (Wildman–Crippen MR) is 76.4 cm³/mol. The average molecular weight is 269 g/mol. The van der Waals surface area contributed by atoms with E-state index < -0.39 is 0 Å². The van der Waals surface area contributed by atoms with E-state index in [9.17, 15) is 4.79 Å². The summed E-state index contributed by atoms with van der Waals surface area (Å²) in [5.74, 6) is 1.26. The van der Waals surface area contributed by atoms with E-state index in [4.69, 9.17) is 9.47 Å². The third-order valence-electron chi connectivity index (χ3n) is 3.04. The summed E-state index contributed by atoms with van der Waals surface area (Å²) in [5.41, 5.74) is 1.32. The van der Waals surface area contributed by atoms with Crippen LogP contribution in [-0.2, 0) is 0 Å². The Morgan fingerprint density at radius 1 is 0.950 bits per heavy atom. The predicted octanol–water partition coefficient (Wildman–Crippen LogP) is 3.10. The molecule has 0 spiro atoms. The molecule has 0 bridgehead atoms. The van der Waals surface area contributed by atoms with Crippen molar-refractivity contribution in [1.29, 1.82) is 0 Å². The number of anilines is 1. The van der Waals surface area contributed by atoms with Crippen LogP contribution in [0.5, 0.6) is 11.5 Å². The lowest BCUT2D eigenvalue weighted by Gasteiger charge is -2.10. The lowest BCUT2D eigenvalue weighted by atomic mass is 10.2. The number of fused-ring (bicyclic) bond motifs is 1. The molecular weight excluding hydrogens is 254 g/mol. The van der Waals surface area contributed by atoms with E-state index in [1.165, 1.54) is 0 Å². The van der Waals surface area contributed by atoms with Crippen LogP contribution in [0, 0.1) is 0 Å². The van der Waals surface area contributed by atoms with E-state index in [1.807, 2.05) is 30.3 Å². The number of nitrogens with one attached hydrogen (secondary N) is 1. The van der Waals surface area contributed by atoms with Gasteiger partial charge in [-0.15, -0.1) is 0 Å². The van der Waals surface area contributed by atoms with Gasteiger partial charge in [-0.25, -0.2) is 0 Å². The van der Waals surface area contributed by atoms with Crippen molar-refractivity contribution in [1.82, 2.24) is 0 Å². The number of carbonyl (C=O) groups excluding carboxylic acids is 1. The first-order valence-electron chi connectivity index (χ1n) is 6.59. The maximum Gasteiger partial charge on any atom is 0.255 e. The van der Waals surface area contributed by atoms with Gasteiger partial charge in [-0.05, 0) is 24.3 Å². The summed E-state index contributed by atoms with van der Waals surface area (Å²) in [7, 11) is 0. The van der Waals surface area contributed by atoms with Crippen LogP contribution >= 0.6 is 0 Å². The van der Waals surface area contributed by atoms with Crippen molar-refractivity contribution < 1.29 is 14.3 Å². The van der Waals surface area contributed by atoms with Crippen molar-refractivity contribution in [2.24, 2.45) is 0 Å². The third kappa shape index (κ3) is 2.74. The Morgan fingerprint density at radius 3 is 2.50 bits per heavy atom. The summed E-state index contributed by atoms with van der Waals surface area (Å²) in [5, 5.41) is 2.85. The average Bonchev–Trinajstić information content (AvgIpc) is 2.73. The number of benzene rings is 2. The highest BCUT2D eigenvalue weighted by Gasteiger charge is 2.12. The third-order valence-corrected chi connectivity index (χ3v) is 3.04. The van der Waals surface area contributed by atoms with Crippen LogP contribution < -0.4 is 14.8 Å². The van der Waals surface area contributed by atoms with Crippen LogP contribution in [0.1, 0.15) is 16.8 Å². The molecule has 0 fully saturated rings. The Bertz CT molecular complexity index is 610. The molecule has 1 amide bonds. The Labute approximate surface area is 117 Å². The zero-order valence-corrected chi connectivity index (χ0v) is 11.0. The molecule has 0 saturated heterocycles. The van der Waals surface area contributed by atoms with Gasteiger partial charge in [0.15, 0.2) is 11.5 Å². The molecule has 102 valence electrons. The molecule has 4 heteroatoms.